The number of nitrogens with zero attached hydrogens (tertiary/aromatic N) is 4. The zero-order valence-corrected chi connectivity index (χ0v) is 11.6. The van der Waals surface area contributed by atoms with Gasteiger partial charge in [-0.3, -0.25) is 0 Å². The Morgan fingerprint density at radius 2 is 1.78 bits per heavy atom. The second-order valence-corrected chi connectivity index (χ2v) is 5.22. The number of hydrogen-bond acceptors (Lipinski definition) is 5. The first-order chi connectivity index (χ1) is 8.65. The lowest BCUT2D eigenvalue weighted by Gasteiger charge is -2.32. The minimum absolute atomic E-state index is 0.488. The molecule has 0 atom stereocenters. The average molecular weight is 249 g/mol. The van der Waals surface area contributed by atoms with Crippen LogP contribution in [0.5, 0.6) is 0 Å². The van der Waals surface area contributed by atoms with Crippen LogP contribution in [-0.4, -0.2) is 54.1 Å². The number of piperazine rings is 1. The molecule has 5 heteroatoms. The summed E-state index contributed by atoms with van der Waals surface area (Å²) in [6.07, 6.45) is 3.85. The van der Waals surface area contributed by atoms with Gasteiger partial charge in [0.05, 0.1) is 0 Å². The molecule has 0 radical (unpaired) electrons. The summed E-state index contributed by atoms with van der Waals surface area (Å²) in [4.78, 5) is 13.5. The van der Waals surface area contributed by atoms with E-state index in [0.29, 0.717) is 6.04 Å². The lowest BCUT2D eigenvalue weighted by Crippen LogP contribution is -2.45. The summed E-state index contributed by atoms with van der Waals surface area (Å²) in [5, 5.41) is 3.37. The standard InChI is InChI=1S/C13H23N5/c1-11(2)14-8-12-9-15-13(16-10-12)18-6-4-17(3)5-7-18/h9-11,14H,4-8H2,1-3H3. The molecule has 5 nitrogen and oxygen atoms in total. The number of hydrogen-bond donors (Lipinski definition) is 1. The van der Waals surface area contributed by atoms with E-state index in [4.69, 9.17) is 0 Å². The van der Waals surface area contributed by atoms with Crippen molar-refractivity contribution >= 4 is 5.95 Å². The van der Waals surface area contributed by atoms with Crippen molar-refractivity contribution in [2.45, 2.75) is 26.4 Å². The van der Waals surface area contributed by atoms with Gasteiger partial charge in [-0.1, -0.05) is 13.8 Å². The summed E-state index contributed by atoms with van der Waals surface area (Å²) in [6, 6.07) is 0.488. The first-order valence-electron chi connectivity index (χ1n) is 6.63. The molecule has 1 aliphatic heterocycles. The van der Waals surface area contributed by atoms with Crippen LogP contribution in [-0.2, 0) is 6.54 Å². The normalized spacial score (nSPS) is 17.4. The van der Waals surface area contributed by atoms with Gasteiger partial charge < -0.3 is 15.1 Å². The second kappa shape index (κ2) is 6.11. The summed E-state index contributed by atoms with van der Waals surface area (Å²) in [7, 11) is 2.15. The van der Waals surface area contributed by atoms with Crippen LogP contribution in [0.3, 0.4) is 0 Å². The van der Waals surface area contributed by atoms with E-state index in [1.807, 2.05) is 12.4 Å². The van der Waals surface area contributed by atoms with Crippen LogP contribution in [0.4, 0.5) is 5.95 Å². The summed E-state index contributed by atoms with van der Waals surface area (Å²) in [5.74, 6) is 0.858. The molecule has 2 heterocycles. The largest absolute Gasteiger partial charge is 0.338 e. The first-order valence-corrected chi connectivity index (χ1v) is 6.63. The molecule has 1 aromatic heterocycles. The monoisotopic (exact) mass is 249 g/mol. The highest BCUT2D eigenvalue weighted by Crippen LogP contribution is 2.10. The van der Waals surface area contributed by atoms with Crippen LogP contribution in [0.15, 0.2) is 12.4 Å². The molecule has 1 saturated heterocycles. The predicted molar refractivity (Wildman–Crippen MR) is 73.7 cm³/mol. The summed E-state index contributed by atoms with van der Waals surface area (Å²) >= 11 is 0. The Labute approximate surface area is 109 Å². The fourth-order valence-corrected chi connectivity index (χ4v) is 1.93. The average Bonchev–Trinajstić information content (AvgIpc) is 2.38. The highest BCUT2D eigenvalue weighted by Gasteiger charge is 2.15. The van der Waals surface area contributed by atoms with Gasteiger partial charge in [-0.2, -0.15) is 0 Å². The van der Waals surface area contributed by atoms with E-state index >= 15 is 0 Å². The van der Waals surface area contributed by atoms with Gasteiger partial charge in [0.25, 0.3) is 0 Å². The van der Waals surface area contributed by atoms with Crippen molar-refractivity contribution < 1.29 is 0 Å². The smallest absolute Gasteiger partial charge is 0.225 e. The summed E-state index contributed by atoms with van der Waals surface area (Å²) < 4.78 is 0. The van der Waals surface area contributed by atoms with E-state index in [0.717, 1.165) is 44.2 Å². The van der Waals surface area contributed by atoms with Crippen molar-refractivity contribution in [1.29, 1.82) is 0 Å². The Bertz CT molecular complexity index is 354. The first kappa shape index (κ1) is 13.2. The molecular formula is C13H23N5. The van der Waals surface area contributed by atoms with E-state index < -0.39 is 0 Å². The molecule has 1 aliphatic rings. The fraction of sp³-hybridized carbons (Fsp3) is 0.692. The molecule has 0 aliphatic carbocycles. The van der Waals surface area contributed by atoms with Gasteiger partial charge in [0.1, 0.15) is 0 Å². The lowest BCUT2D eigenvalue weighted by atomic mass is 10.3. The van der Waals surface area contributed by atoms with Crippen LogP contribution in [0.25, 0.3) is 0 Å². The molecule has 2 rings (SSSR count). The van der Waals surface area contributed by atoms with E-state index in [2.05, 4.69) is 46.0 Å². The molecule has 0 spiro atoms. The molecule has 1 fully saturated rings. The third kappa shape index (κ3) is 3.65. The van der Waals surface area contributed by atoms with Crippen molar-refractivity contribution in [2.24, 2.45) is 0 Å². The minimum atomic E-state index is 0.488. The van der Waals surface area contributed by atoms with Gasteiger partial charge in [0, 0.05) is 56.7 Å². The van der Waals surface area contributed by atoms with Crippen molar-refractivity contribution in [3.05, 3.63) is 18.0 Å². The van der Waals surface area contributed by atoms with E-state index in [-0.39, 0.29) is 0 Å². The van der Waals surface area contributed by atoms with Crippen molar-refractivity contribution in [2.75, 3.05) is 38.1 Å². The Kier molecular flexibility index (Phi) is 4.49. The molecule has 0 saturated carbocycles. The van der Waals surface area contributed by atoms with Crippen LogP contribution < -0.4 is 10.2 Å². The van der Waals surface area contributed by atoms with Gasteiger partial charge >= 0.3 is 0 Å². The van der Waals surface area contributed by atoms with Crippen LogP contribution in [0, 0.1) is 0 Å². The fourth-order valence-electron chi connectivity index (χ4n) is 1.93. The lowest BCUT2D eigenvalue weighted by molar-refractivity contribution is 0.311. The van der Waals surface area contributed by atoms with Gasteiger partial charge in [-0.15, -0.1) is 0 Å². The number of rotatable bonds is 4. The highest BCUT2D eigenvalue weighted by atomic mass is 15.3. The van der Waals surface area contributed by atoms with E-state index in [9.17, 15) is 0 Å². The molecule has 0 bridgehead atoms. The van der Waals surface area contributed by atoms with Crippen molar-refractivity contribution in [1.82, 2.24) is 20.2 Å². The third-order valence-electron chi connectivity index (χ3n) is 3.19. The number of nitrogens with one attached hydrogen (secondary N) is 1. The van der Waals surface area contributed by atoms with E-state index in [1.165, 1.54) is 0 Å². The van der Waals surface area contributed by atoms with Crippen LogP contribution in [0.1, 0.15) is 19.4 Å². The number of anilines is 1. The predicted octanol–water partition coefficient (Wildman–Crippen LogP) is 0.726. The molecule has 0 unspecified atom stereocenters. The van der Waals surface area contributed by atoms with Crippen molar-refractivity contribution in [3.8, 4) is 0 Å². The Morgan fingerprint density at radius 3 is 2.33 bits per heavy atom. The topological polar surface area (TPSA) is 44.3 Å². The molecule has 1 N–H and O–H groups in total. The molecule has 18 heavy (non-hydrogen) atoms. The molecule has 0 amide bonds. The number of likely N-dealkylation sites (N-methyl/N-ethyl adjacent to an activating group) is 1. The third-order valence-corrected chi connectivity index (χ3v) is 3.19. The molecule has 0 aromatic carbocycles. The highest BCUT2D eigenvalue weighted by molar-refractivity contribution is 5.30. The Balaban J connectivity index is 1.91. The van der Waals surface area contributed by atoms with Crippen LogP contribution >= 0.6 is 0 Å². The SMILES string of the molecule is CC(C)NCc1cnc(N2CCN(C)CC2)nc1. The molecule has 1 aromatic rings. The molecule has 100 valence electrons. The van der Waals surface area contributed by atoms with Gasteiger partial charge in [0.15, 0.2) is 0 Å². The summed E-state index contributed by atoms with van der Waals surface area (Å²) in [5.41, 5.74) is 1.14. The molecular weight excluding hydrogens is 226 g/mol. The summed E-state index contributed by atoms with van der Waals surface area (Å²) in [6.45, 7) is 9.31. The maximum atomic E-state index is 4.46. The Hall–Kier alpha value is -1.20. The van der Waals surface area contributed by atoms with E-state index in [1.54, 1.807) is 0 Å². The quantitative estimate of drug-likeness (QED) is 0.852. The number of aromatic nitrogens is 2. The zero-order valence-electron chi connectivity index (χ0n) is 11.6. The minimum Gasteiger partial charge on any atom is -0.338 e. The Morgan fingerprint density at radius 1 is 1.17 bits per heavy atom. The maximum Gasteiger partial charge on any atom is 0.225 e. The maximum absolute atomic E-state index is 4.46. The second-order valence-electron chi connectivity index (χ2n) is 5.22. The van der Waals surface area contributed by atoms with Gasteiger partial charge in [-0.05, 0) is 7.05 Å². The van der Waals surface area contributed by atoms with Gasteiger partial charge in [-0.25, -0.2) is 9.97 Å². The zero-order chi connectivity index (χ0) is 13.0. The van der Waals surface area contributed by atoms with Crippen molar-refractivity contribution in [3.63, 3.8) is 0 Å². The van der Waals surface area contributed by atoms with Crippen LogP contribution in [0.2, 0.25) is 0 Å². The van der Waals surface area contributed by atoms with Gasteiger partial charge in [0.2, 0.25) is 5.95 Å².